The van der Waals surface area contributed by atoms with E-state index in [1.54, 1.807) is 6.92 Å². The zero-order chi connectivity index (χ0) is 15.5. The molecule has 0 unspecified atom stereocenters. The number of amides is 1. The number of rotatable bonds is 5. The van der Waals surface area contributed by atoms with Crippen molar-refractivity contribution in [1.82, 2.24) is 19.9 Å². The molecule has 2 fully saturated rings. The molecule has 22 heavy (non-hydrogen) atoms. The van der Waals surface area contributed by atoms with Crippen molar-refractivity contribution in [2.24, 2.45) is 0 Å². The van der Waals surface area contributed by atoms with Crippen LogP contribution < -0.4 is 0 Å². The maximum atomic E-state index is 11.8. The minimum Gasteiger partial charge on any atom is -0.339 e. The Balaban J connectivity index is 1.66. The third-order valence-corrected chi connectivity index (χ3v) is 4.88. The number of hydrogen-bond donors (Lipinski definition) is 0. The molecule has 0 aliphatic carbocycles. The third kappa shape index (κ3) is 3.16. The highest BCUT2D eigenvalue weighted by atomic mass is 16.5. The van der Waals surface area contributed by atoms with Gasteiger partial charge in [-0.2, -0.15) is 4.98 Å². The number of carbonyl (C=O) groups excluding carboxylic acids is 1. The highest BCUT2D eigenvalue weighted by Crippen LogP contribution is 2.30. The summed E-state index contributed by atoms with van der Waals surface area (Å²) in [5.74, 6) is 1.72. The van der Waals surface area contributed by atoms with E-state index in [0.29, 0.717) is 12.1 Å². The van der Waals surface area contributed by atoms with Gasteiger partial charge in [-0.15, -0.1) is 0 Å². The summed E-state index contributed by atoms with van der Waals surface area (Å²) in [4.78, 5) is 20.8. The summed E-state index contributed by atoms with van der Waals surface area (Å²) in [6, 6.07) is 0.807. The molecule has 2 atom stereocenters. The molecule has 0 saturated carbocycles. The third-order valence-electron chi connectivity index (χ3n) is 4.88. The molecule has 3 rings (SSSR count). The largest absolute Gasteiger partial charge is 0.339 e. The van der Waals surface area contributed by atoms with Crippen molar-refractivity contribution in [3.63, 3.8) is 0 Å². The first-order valence-corrected chi connectivity index (χ1v) is 8.51. The molecule has 0 aromatic carbocycles. The van der Waals surface area contributed by atoms with E-state index >= 15 is 0 Å². The minimum absolute atomic E-state index is 0.208. The Bertz CT molecular complexity index is 516. The molecule has 2 aliphatic heterocycles. The van der Waals surface area contributed by atoms with Crippen molar-refractivity contribution >= 4 is 5.91 Å². The van der Waals surface area contributed by atoms with Gasteiger partial charge < -0.3 is 9.42 Å². The summed E-state index contributed by atoms with van der Waals surface area (Å²) in [6.45, 7) is 6.50. The Morgan fingerprint density at radius 2 is 2.05 bits per heavy atom. The SMILES string of the molecule is CCCc1nc(CN2CCC[C@@H]2[C@@H]2CCCN2C(C)=O)no1. The maximum Gasteiger partial charge on any atom is 0.226 e. The molecule has 3 heterocycles. The summed E-state index contributed by atoms with van der Waals surface area (Å²) in [5, 5.41) is 4.11. The van der Waals surface area contributed by atoms with Crippen molar-refractivity contribution in [3.05, 3.63) is 11.7 Å². The number of aromatic nitrogens is 2. The van der Waals surface area contributed by atoms with Gasteiger partial charge in [-0.05, 0) is 38.6 Å². The average molecular weight is 306 g/mol. The van der Waals surface area contributed by atoms with E-state index in [4.69, 9.17) is 4.52 Å². The molecule has 1 aromatic heterocycles. The van der Waals surface area contributed by atoms with E-state index in [-0.39, 0.29) is 5.91 Å². The van der Waals surface area contributed by atoms with E-state index in [2.05, 4.69) is 26.9 Å². The highest BCUT2D eigenvalue weighted by Gasteiger charge is 2.39. The topological polar surface area (TPSA) is 62.5 Å². The second-order valence-electron chi connectivity index (χ2n) is 6.46. The minimum atomic E-state index is 0.208. The van der Waals surface area contributed by atoms with E-state index in [0.717, 1.165) is 63.5 Å². The van der Waals surface area contributed by atoms with Gasteiger partial charge in [0, 0.05) is 32.0 Å². The van der Waals surface area contributed by atoms with Crippen LogP contribution in [0.5, 0.6) is 0 Å². The molecule has 2 aliphatic rings. The van der Waals surface area contributed by atoms with Crippen molar-refractivity contribution in [2.45, 2.75) is 71.0 Å². The lowest BCUT2D eigenvalue weighted by Gasteiger charge is -2.34. The Morgan fingerprint density at radius 1 is 1.27 bits per heavy atom. The molecular weight excluding hydrogens is 280 g/mol. The summed E-state index contributed by atoms with van der Waals surface area (Å²) in [6.07, 6.45) is 6.45. The zero-order valence-electron chi connectivity index (χ0n) is 13.6. The van der Waals surface area contributed by atoms with Gasteiger partial charge in [0.1, 0.15) is 0 Å². The first-order chi connectivity index (χ1) is 10.7. The quantitative estimate of drug-likeness (QED) is 0.832. The monoisotopic (exact) mass is 306 g/mol. The number of hydrogen-bond acceptors (Lipinski definition) is 5. The van der Waals surface area contributed by atoms with Crippen LogP contribution in [-0.2, 0) is 17.8 Å². The molecule has 0 spiro atoms. The van der Waals surface area contributed by atoms with Crippen LogP contribution in [0.15, 0.2) is 4.52 Å². The number of nitrogens with zero attached hydrogens (tertiary/aromatic N) is 4. The summed E-state index contributed by atoms with van der Waals surface area (Å²) < 4.78 is 5.28. The maximum absolute atomic E-state index is 11.8. The molecule has 6 nitrogen and oxygen atoms in total. The van der Waals surface area contributed by atoms with Crippen molar-refractivity contribution in [2.75, 3.05) is 13.1 Å². The van der Waals surface area contributed by atoms with Gasteiger partial charge in [-0.25, -0.2) is 0 Å². The van der Waals surface area contributed by atoms with Gasteiger partial charge in [0.2, 0.25) is 11.8 Å². The standard InChI is InChI=1S/C16H26N4O2/c1-3-6-16-17-15(18-22-16)11-19-9-4-7-13(19)14-8-5-10-20(14)12(2)21/h13-14H,3-11H2,1-2H3/t13-,14+/m1/s1. The summed E-state index contributed by atoms with van der Waals surface area (Å²) in [7, 11) is 0. The van der Waals surface area contributed by atoms with Crippen LogP contribution in [0.1, 0.15) is 57.7 Å². The van der Waals surface area contributed by atoms with Gasteiger partial charge >= 0.3 is 0 Å². The van der Waals surface area contributed by atoms with Crippen LogP contribution >= 0.6 is 0 Å². The second kappa shape index (κ2) is 6.77. The van der Waals surface area contributed by atoms with Crippen LogP contribution in [0.2, 0.25) is 0 Å². The van der Waals surface area contributed by atoms with Crippen LogP contribution in [0.25, 0.3) is 0 Å². The smallest absolute Gasteiger partial charge is 0.226 e. The van der Waals surface area contributed by atoms with Crippen molar-refractivity contribution in [3.8, 4) is 0 Å². The lowest BCUT2D eigenvalue weighted by Crippen LogP contribution is -2.47. The normalized spacial score (nSPS) is 26.0. The fourth-order valence-electron chi connectivity index (χ4n) is 3.92. The van der Waals surface area contributed by atoms with E-state index < -0.39 is 0 Å². The predicted octanol–water partition coefficient (Wildman–Crippen LogP) is 2.00. The number of carbonyl (C=O) groups is 1. The van der Waals surface area contributed by atoms with Gasteiger partial charge in [-0.3, -0.25) is 9.69 Å². The molecular formula is C16H26N4O2. The molecule has 122 valence electrons. The number of aryl methyl sites for hydroxylation is 1. The Hall–Kier alpha value is -1.43. The van der Waals surface area contributed by atoms with E-state index in [1.165, 1.54) is 6.42 Å². The fraction of sp³-hybridized carbons (Fsp3) is 0.812. The molecule has 1 aromatic rings. The highest BCUT2D eigenvalue weighted by molar-refractivity contribution is 5.74. The summed E-state index contributed by atoms with van der Waals surface area (Å²) in [5.41, 5.74) is 0. The van der Waals surface area contributed by atoms with Gasteiger partial charge in [-0.1, -0.05) is 12.1 Å². The lowest BCUT2D eigenvalue weighted by molar-refractivity contribution is -0.130. The molecule has 2 saturated heterocycles. The van der Waals surface area contributed by atoms with E-state index in [1.807, 2.05) is 0 Å². The van der Waals surface area contributed by atoms with Crippen LogP contribution in [0, 0.1) is 0 Å². The fourth-order valence-corrected chi connectivity index (χ4v) is 3.92. The molecule has 6 heteroatoms. The van der Waals surface area contributed by atoms with Crippen LogP contribution in [0.3, 0.4) is 0 Å². The second-order valence-corrected chi connectivity index (χ2v) is 6.46. The van der Waals surface area contributed by atoms with Crippen molar-refractivity contribution in [1.29, 1.82) is 0 Å². The Kier molecular flexibility index (Phi) is 4.76. The van der Waals surface area contributed by atoms with Gasteiger partial charge in [0.15, 0.2) is 5.82 Å². The average Bonchev–Trinajstić information content (AvgIpc) is 3.19. The summed E-state index contributed by atoms with van der Waals surface area (Å²) >= 11 is 0. The van der Waals surface area contributed by atoms with Crippen LogP contribution in [-0.4, -0.2) is 51.0 Å². The molecule has 0 bridgehead atoms. The van der Waals surface area contributed by atoms with Gasteiger partial charge in [0.25, 0.3) is 0 Å². The predicted molar refractivity (Wildman–Crippen MR) is 82.1 cm³/mol. The molecule has 0 N–H and O–H groups in total. The lowest BCUT2D eigenvalue weighted by atomic mass is 10.0. The molecule has 1 amide bonds. The van der Waals surface area contributed by atoms with Gasteiger partial charge in [0.05, 0.1) is 6.54 Å². The first kappa shape index (κ1) is 15.5. The van der Waals surface area contributed by atoms with Crippen LogP contribution in [0.4, 0.5) is 0 Å². The van der Waals surface area contributed by atoms with E-state index in [9.17, 15) is 4.79 Å². The Labute approximate surface area is 131 Å². The number of likely N-dealkylation sites (tertiary alicyclic amines) is 2. The van der Waals surface area contributed by atoms with Crippen molar-refractivity contribution < 1.29 is 9.32 Å². The zero-order valence-corrected chi connectivity index (χ0v) is 13.6. The first-order valence-electron chi connectivity index (χ1n) is 8.51. The molecule has 0 radical (unpaired) electrons. The Morgan fingerprint density at radius 3 is 2.82 bits per heavy atom.